The Bertz CT molecular complexity index is 21.2. The van der Waals surface area contributed by atoms with Crippen LogP contribution in [0.5, 0.6) is 0 Å². The van der Waals surface area contributed by atoms with Crippen LogP contribution < -0.4 is 4.72 Å². The van der Waals surface area contributed by atoms with Gasteiger partial charge in [0.2, 0.25) is 0 Å². The molecule has 0 aromatic carbocycles. The average molecular weight is 95.2 g/mol. The third kappa shape index (κ3) is 0.792. The van der Waals surface area contributed by atoms with Crippen LogP contribution in [0.3, 0.4) is 0 Å². The highest BCUT2D eigenvalue weighted by Gasteiger charge is 1.87. The number of nitrogens with one attached hydrogen (secondary N) is 1. The molecule has 2 nitrogen and oxygen atoms in total. The van der Waals surface area contributed by atoms with Crippen LogP contribution >= 0.6 is 12.2 Å². The number of hydrogen-bond acceptors (Lipinski definition) is 2. The topological polar surface area (TPSA) is 21.3 Å². The molecule has 1 heterocycles. The highest BCUT2D eigenvalue weighted by molar-refractivity contribution is 7.92. The van der Waals surface area contributed by atoms with Gasteiger partial charge in [-0.2, -0.15) is 12.2 Å². The predicted octanol–water partition coefficient (Wildman–Crippen LogP) is -0.901. The predicted molar refractivity (Wildman–Crippen MR) is 27.1 cm³/mol. The Hall–Kier alpha value is 0.270. The van der Waals surface area contributed by atoms with Crippen LogP contribution in [-0.4, -0.2) is 13.2 Å². The Labute approximate surface area is 35.2 Å². The minimum absolute atomic E-state index is 0.207. The van der Waals surface area contributed by atoms with Crippen LogP contribution in [0.2, 0.25) is 0 Å². The largest absolute Gasteiger partial charge is 0.349 e. The summed E-state index contributed by atoms with van der Waals surface area (Å²) in [7, 11) is 0. The molecule has 0 aromatic heterocycles. The van der Waals surface area contributed by atoms with Crippen LogP contribution in [0.15, 0.2) is 0 Å². The molecule has 1 fully saturated rings. The summed E-state index contributed by atoms with van der Waals surface area (Å²) in [5.41, 5.74) is 0. The van der Waals surface area contributed by atoms with Crippen LogP contribution in [0.4, 0.5) is 0 Å². The Balaban J connectivity index is 2.08. The quantitative estimate of drug-likeness (QED) is 0.421. The molecular weight excluding hydrogens is 86.1 g/mol. The Morgan fingerprint density at radius 2 is 2.80 bits per heavy atom. The third-order valence-electron chi connectivity index (χ3n) is 0.627. The molecule has 0 atom stereocenters. The van der Waals surface area contributed by atoms with Gasteiger partial charge in [0.1, 0.15) is 0 Å². The van der Waals surface area contributed by atoms with E-state index in [4.69, 9.17) is 4.18 Å². The zero-order chi connectivity index (χ0) is 3.54. The Morgan fingerprint density at radius 1 is 1.80 bits per heavy atom. The monoisotopic (exact) mass is 95.0 g/mol. The van der Waals surface area contributed by atoms with Crippen molar-refractivity contribution in [3.8, 4) is 0 Å². The summed E-state index contributed by atoms with van der Waals surface area (Å²) in [6.07, 6.45) is 0. The zero-order valence-corrected chi connectivity index (χ0v) is 4.44. The summed E-state index contributed by atoms with van der Waals surface area (Å²) >= 11 is -0.207. The zero-order valence-electron chi connectivity index (χ0n) is 3.03. The lowest BCUT2D eigenvalue weighted by Crippen LogP contribution is -1.95. The van der Waals surface area contributed by atoms with Crippen molar-refractivity contribution < 1.29 is 4.18 Å². The lowest BCUT2D eigenvalue weighted by molar-refractivity contribution is 0.416. The van der Waals surface area contributed by atoms with E-state index in [0.29, 0.717) is 0 Å². The van der Waals surface area contributed by atoms with E-state index < -0.39 is 0 Å². The smallest absolute Gasteiger partial charge is 0.0710 e. The van der Waals surface area contributed by atoms with E-state index in [2.05, 4.69) is 4.72 Å². The molecule has 0 bridgehead atoms. The molecule has 3 heteroatoms. The van der Waals surface area contributed by atoms with Crippen molar-refractivity contribution in [1.82, 2.24) is 4.72 Å². The molecule has 0 aromatic rings. The molecule has 1 rings (SSSR count). The molecule has 0 radical (unpaired) electrons. The van der Waals surface area contributed by atoms with Gasteiger partial charge < -0.3 is 4.18 Å². The molecule has 1 saturated heterocycles. The van der Waals surface area contributed by atoms with Gasteiger partial charge in [-0.15, -0.1) is 0 Å². The fraction of sp³-hybridized carbons (Fsp3) is 1.00. The first-order chi connectivity index (χ1) is 2.50. The number of hydrogen-bond donors (Lipinski definition) is 1. The van der Waals surface area contributed by atoms with Crippen molar-refractivity contribution in [3.63, 3.8) is 0 Å². The van der Waals surface area contributed by atoms with Crippen molar-refractivity contribution >= 4 is 12.2 Å². The summed E-state index contributed by atoms with van der Waals surface area (Å²) in [6.45, 7) is 2.04. The van der Waals surface area contributed by atoms with Gasteiger partial charge in [-0.05, 0) is 0 Å². The van der Waals surface area contributed by atoms with E-state index >= 15 is 0 Å². The van der Waals surface area contributed by atoms with Crippen molar-refractivity contribution in [3.05, 3.63) is 0 Å². The Kier molecular flexibility index (Phi) is 1.14. The first-order valence-electron chi connectivity index (χ1n) is 1.78. The van der Waals surface area contributed by atoms with Gasteiger partial charge in [-0.3, -0.25) is 4.72 Å². The summed E-state index contributed by atoms with van der Waals surface area (Å²) in [4.78, 5) is 0. The molecule has 1 aliphatic heterocycles. The minimum Gasteiger partial charge on any atom is -0.349 e. The van der Waals surface area contributed by atoms with Crippen molar-refractivity contribution in [2.24, 2.45) is 0 Å². The SMILES string of the molecule is C1CO[SH4]N1. The van der Waals surface area contributed by atoms with Crippen LogP contribution in [-0.2, 0) is 4.18 Å². The summed E-state index contributed by atoms with van der Waals surface area (Å²) < 4.78 is 8.11. The summed E-state index contributed by atoms with van der Waals surface area (Å²) in [5, 5.41) is 0. The molecule has 0 spiro atoms. The maximum atomic E-state index is 4.97. The fourth-order valence-electron chi connectivity index (χ4n) is 0.361. The highest BCUT2D eigenvalue weighted by atomic mass is 32.2. The fourth-order valence-corrected chi connectivity index (χ4v) is 1.08. The maximum Gasteiger partial charge on any atom is 0.0710 e. The third-order valence-corrected chi connectivity index (χ3v) is 1.68. The van der Waals surface area contributed by atoms with Gasteiger partial charge in [0.15, 0.2) is 0 Å². The molecular formula is C2H9NOS. The van der Waals surface area contributed by atoms with Gasteiger partial charge in [-0.1, -0.05) is 0 Å². The first-order valence-corrected chi connectivity index (χ1v) is 3.07. The van der Waals surface area contributed by atoms with Crippen LogP contribution in [0.25, 0.3) is 0 Å². The van der Waals surface area contributed by atoms with E-state index in [1.165, 1.54) is 0 Å². The van der Waals surface area contributed by atoms with E-state index in [0.717, 1.165) is 13.2 Å². The summed E-state index contributed by atoms with van der Waals surface area (Å²) in [5.74, 6) is 0. The minimum atomic E-state index is -0.207. The van der Waals surface area contributed by atoms with E-state index in [1.54, 1.807) is 0 Å². The van der Waals surface area contributed by atoms with Gasteiger partial charge >= 0.3 is 0 Å². The molecule has 5 heavy (non-hydrogen) atoms. The molecule has 0 saturated carbocycles. The van der Waals surface area contributed by atoms with Crippen LogP contribution in [0, 0.1) is 0 Å². The second-order valence-corrected chi connectivity index (χ2v) is 2.25. The second kappa shape index (κ2) is 1.64. The van der Waals surface area contributed by atoms with Gasteiger partial charge in [-0.25, -0.2) is 0 Å². The lowest BCUT2D eigenvalue weighted by atomic mass is 10.8. The maximum absolute atomic E-state index is 4.97. The van der Waals surface area contributed by atoms with Gasteiger partial charge in [0.25, 0.3) is 0 Å². The second-order valence-electron chi connectivity index (χ2n) is 1.05. The van der Waals surface area contributed by atoms with Crippen molar-refractivity contribution in [2.45, 2.75) is 0 Å². The molecule has 0 aliphatic carbocycles. The normalized spacial score (nSPS) is 25.6. The van der Waals surface area contributed by atoms with Crippen molar-refractivity contribution in [2.75, 3.05) is 13.2 Å². The van der Waals surface area contributed by atoms with E-state index in [-0.39, 0.29) is 12.2 Å². The van der Waals surface area contributed by atoms with Crippen LogP contribution in [0.1, 0.15) is 0 Å². The highest BCUT2D eigenvalue weighted by Crippen LogP contribution is 1.99. The average Bonchev–Trinajstić information content (AvgIpc) is 1.76. The molecule has 1 N–H and O–H groups in total. The van der Waals surface area contributed by atoms with E-state index in [1.807, 2.05) is 0 Å². The molecule has 0 unspecified atom stereocenters. The Morgan fingerprint density at radius 3 is 3.00 bits per heavy atom. The van der Waals surface area contributed by atoms with E-state index in [9.17, 15) is 0 Å². The molecule has 0 amide bonds. The number of rotatable bonds is 0. The molecule has 34 valence electrons. The first kappa shape index (κ1) is 3.46. The standard InChI is InChI=1S/C2H9NOS/c1-2-4-5-3-1/h3H,1-2H2,5H4. The molecule has 1 aliphatic rings. The van der Waals surface area contributed by atoms with Gasteiger partial charge in [0, 0.05) is 6.54 Å². The van der Waals surface area contributed by atoms with Crippen molar-refractivity contribution in [1.29, 1.82) is 0 Å². The lowest BCUT2D eigenvalue weighted by Gasteiger charge is -1.86. The van der Waals surface area contributed by atoms with Gasteiger partial charge in [0.05, 0.1) is 6.61 Å². The summed E-state index contributed by atoms with van der Waals surface area (Å²) in [6, 6.07) is 0.